The van der Waals surface area contributed by atoms with Gasteiger partial charge in [-0.05, 0) is 38.5 Å². The summed E-state index contributed by atoms with van der Waals surface area (Å²) in [6.07, 6.45) is 2.95. The van der Waals surface area contributed by atoms with Gasteiger partial charge >= 0.3 is 0 Å². The van der Waals surface area contributed by atoms with Crippen LogP contribution in [0.3, 0.4) is 0 Å². The first-order chi connectivity index (χ1) is 14.9. The number of hydrogen-bond acceptors (Lipinski definition) is 7. The summed E-state index contributed by atoms with van der Waals surface area (Å²) < 4.78 is 38.7. The predicted molar refractivity (Wildman–Crippen MR) is 119 cm³/mol. The predicted octanol–water partition coefficient (Wildman–Crippen LogP) is 5.01. The molecule has 0 aliphatic rings. The fraction of sp³-hybridized carbons (Fsp3) is 0.273. The van der Waals surface area contributed by atoms with Crippen LogP contribution in [0.1, 0.15) is 24.0 Å². The molecule has 1 aromatic carbocycles. The minimum Gasteiger partial charge on any atom is -0.469 e. The Bertz CT molecular complexity index is 1250. The van der Waals surface area contributed by atoms with Crippen LogP contribution < -0.4 is 0 Å². The Hall–Kier alpha value is -2.75. The molecule has 3 aromatic heterocycles. The van der Waals surface area contributed by atoms with Gasteiger partial charge in [-0.1, -0.05) is 35.5 Å². The average molecular weight is 458 g/mol. The Morgan fingerprint density at radius 2 is 1.94 bits per heavy atom. The number of aromatic nitrogens is 2. The van der Waals surface area contributed by atoms with Crippen molar-refractivity contribution < 1.29 is 17.4 Å². The molecule has 162 valence electrons. The Morgan fingerprint density at radius 3 is 2.65 bits per heavy atom. The van der Waals surface area contributed by atoms with Crippen molar-refractivity contribution in [2.45, 2.75) is 37.6 Å². The van der Waals surface area contributed by atoms with Gasteiger partial charge in [-0.3, -0.25) is 0 Å². The molecule has 4 rings (SSSR count). The van der Waals surface area contributed by atoms with Crippen LogP contribution in [0.5, 0.6) is 0 Å². The Balaban J connectivity index is 1.54. The summed E-state index contributed by atoms with van der Waals surface area (Å²) in [7, 11) is -2.06. The molecule has 0 amide bonds. The summed E-state index contributed by atoms with van der Waals surface area (Å²) in [6.45, 7) is 3.68. The number of thiophene rings is 1. The molecule has 0 spiro atoms. The van der Waals surface area contributed by atoms with E-state index in [0.29, 0.717) is 34.3 Å². The lowest BCUT2D eigenvalue weighted by Crippen LogP contribution is -2.35. The van der Waals surface area contributed by atoms with Gasteiger partial charge in [-0.25, -0.2) is 8.42 Å². The molecule has 31 heavy (non-hydrogen) atoms. The number of rotatable bonds is 8. The van der Waals surface area contributed by atoms with Crippen LogP contribution in [0, 0.1) is 6.92 Å². The lowest BCUT2D eigenvalue weighted by molar-refractivity contribution is 0.361. The maximum Gasteiger partial charge on any atom is 0.268 e. The maximum absolute atomic E-state index is 13.3. The zero-order chi connectivity index (χ0) is 22.0. The summed E-state index contributed by atoms with van der Waals surface area (Å²) >= 11 is 1.33. The second-order valence-electron chi connectivity index (χ2n) is 7.31. The third-order valence-electron chi connectivity index (χ3n) is 5.21. The molecule has 7 nitrogen and oxygen atoms in total. The van der Waals surface area contributed by atoms with E-state index >= 15 is 0 Å². The van der Waals surface area contributed by atoms with E-state index in [2.05, 4.69) is 10.1 Å². The first kappa shape index (κ1) is 21.5. The van der Waals surface area contributed by atoms with Gasteiger partial charge in [0.1, 0.15) is 5.76 Å². The van der Waals surface area contributed by atoms with Gasteiger partial charge in [0.05, 0.1) is 16.0 Å². The summed E-state index contributed by atoms with van der Waals surface area (Å²) in [5.41, 5.74) is 0.837. The highest BCUT2D eigenvalue weighted by Crippen LogP contribution is 2.35. The molecule has 0 fully saturated rings. The third kappa shape index (κ3) is 4.48. The van der Waals surface area contributed by atoms with E-state index in [9.17, 15) is 8.42 Å². The van der Waals surface area contributed by atoms with E-state index in [0.717, 1.165) is 11.3 Å². The molecule has 0 unspecified atom stereocenters. The zero-order valence-corrected chi connectivity index (χ0v) is 19.1. The smallest absolute Gasteiger partial charge is 0.268 e. The zero-order valence-electron chi connectivity index (χ0n) is 17.5. The lowest BCUT2D eigenvalue weighted by Gasteiger charge is -2.24. The van der Waals surface area contributed by atoms with Crippen molar-refractivity contribution in [2.24, 2.45) is 0 Å². The summed E-state index contributed by atoms with van der Waals surface area (Å²) in [5.74, 6) is 1.62. The Labute approximate surface area is 185 Å². The molecule has 0 radical (unpaired) electrons. The van der Waals surface area contributed by atoms with Gasteiger partial charge in [0, 0.05) is 30.0 Å². The molecular weight excluding hydrogens is 434 g/mol. The topological polar surface area (TPSA) is 89.4 Å². The SMILES string of the molecule is Cc1sc(-c2nc(-c3ccccc3)no2)cc1S(=O)(=O)N(C)[C@@H](C)CCc1ccco1. The maximum atomic E-state index is 13.3. The molecule has 4 aromatic rings. The molecule has 0 N–H and O–H groups in total. The Morgan fingerprint density at radius 1 is 1.16 bits per heavy atom. The van der Waals surface area contributed by atoms with E-state index in [-0.39, 0.29) is 10.9 Å². The van der Waals surface area contributed by atoms with E-state index in [1.165, 1.54) is 15.6 Å². The van der Waals surface area contributed by atoms with Crippen molar-refractivity contribution >= 4 is 21.4 Å². The van der Waals surface area contributed by atoms with Crippen molar-refractivity contribution in [2.75, 3.05) is 7.05 Å². The summed E-state index contributed by atoms with van der Waals surface area (Å²) in [4.78, 5) is 6.01. The van der Waals surface area contributed by atoms with Crippen molar-refractivity contribution in [3.05, 3.63) is 65.4 Å². The fourth-order valence-electron chi connectivity index (χ4n) is 3.23. The first-order valence-corrected chi connectivity index (χ1v) is 12.1. The van der Waals surface area contributed by atoms with E-state index < -0.39 is 10.0 Å². The lowest BCUT2D eigenvalue weighted by atomic mass is 10.1. The van der Waals surface area contributed by atoms with Crippen molar-refractivity contribution in [3.63, 3.8) is 0 Å². The number of furan rings is 1. The fourth-order valence-corrected chi connectivity index (χ4v) is 6.11. The molecule has 0 bridgehead atoms. The van der Waals surface area contributed by atoms with Crippen molar-refractivity contribution in [3.8, 4) is 22.2 Å². The molecule has 0 aliphatic carbocycles. The number of benzene rings is 1. The molecular formula is C22H23N3O4S2. The highest BCUT2D eigenvalue weighted by atomic mass is 32.2. The molecule has 0 saturated carbocycles. The van der Waals surface area contributed by atoms with Crippen molar-refractivity contribution in [1.29, 1.82) is 0 Å². The van der Waals surface area contributed by atoms with Crippen LogP contribution in [0.2, 0.25) is 0 Å². The van der Waals surface area contributed by atoms with Crippen LogP contribution in [-0.2, 0) is 16.4 Å². The quantitative estimate of drug-likeness (QED) is 0.370. The highest BCUT2D eigenvalue weighted by molar-refractivity contribution is 7.89. The average Bonchev–Trinajstić information content (AvgIpc) is 3.52. The van der Waals surface area contributed by atoms with Gasteiger partial charge in [0.25, 0.3) is 5.89 Å². The van der Waals surface area contributed by atoms with Crippen LogP contribution in [0.4, 0.5) is 0 Å². The minimum absolute atomic E-state index is 0.189. The molecule has 3 heterocycles. The standard InChI is InChI=1S/C22H23N3O4S2/c1-15(11-12-18-10-7-13-28-18)25(3)31(26,27)20-14-19(30-16(20)2)22-23-21(24-29-22)17-8-5-4-6-9-17/h4-10,13-15H,11-12H2,1-3H3/t15-/m0/s1. The van der Waals surface area contributed by atoms with Crippen LogP contribution in [0.25, 0.3) is 22.2 Å². The number of nitrogens with zero attached hydrogens (tertiary/aromatic N) is 3. The van der Waals surface area contributed by atoms with Crippen LogP contribution >= 0.6 is 11.3 Å². The van der Waals surface area contributed by atoms with Gasteiger partial charge in [0.15, 0.2) is 0 Å². The molecule has 1 atom stereocenters. The van der Waals surface area contributed by atoms with Gasteiger partial charge < -0.3 is 8.94 Å². The number of hydrogen-bond donors (Lipinski definition) is 0. The largest absolute Gasteiger partial charge is 0.469 e. The Kier molecular flexibility index (Phi) is 6.08. The number of sulfonamides is 1. The van der Waals surface area contributed by atoms with Crippen LogP contribution in [-0.4, -0.2) is 36.0 Å². The molecule has 9 heteroatoms. The minimum atomic E-state index is -3.67. The van der Waals surface area contributed by atoms with Crippen LogP contribution in [0.15, 0.2) is 68.6 Å². The van der Waals surface area contributed by atoms with Gasteiger partial charge in [-0.2, -0.15) is 9.29 Å². The van der Waals surface area contributed by atoms with E-state index in [1.807, 2.05) is 49.4 Å². The van der Waals surface area contributed by atoms with Crippen molar-refractivity contribution in [1.82, 2.24) is 14.4 Å². The number of aryl methyl sites for hydroxylation is 2. The summed E-state index contributed by atoms with van der Waals surface area (Å²) in [6, 6.07) is 14.6. The first-order valence-electron chi connectivity index (χ1n) is 9.86. The summed E-state index contributed by atoms with van der Waals surface area (Å²) in [5, 5.41) is 4.03. The normalized spacial score (nSPS) is 13.0. The van der Waals surface area contributed by atoms with E-state index in [4.69, 9.17) is 8.94 Å². The molecule has 0 aliphatic heterocycles. The van der Waals surface area contributed by atoms with E-state index in [1.54, 1.807) is 26.3 Å². The second-order valence-corrected chi connectivity index (χ2v) is 10.5. The monoisotopic (exact) mass is 457 g/mol. The van der Waals surface area contributed by atoms with Gasteiger partial charge in [-0.15, -0.1) is 11.3 Å². The third-order valence-corrected chi connectivity index (χ3v) is 8.47. The second kappa shape index (κ2) is 8.78. The highest BCUT2D eigenvalue weighted by Gasteiger charge is 2.29. The molecule has 0 saturated heterocycles. The van der Waals surface area contributed by atoms with Gasteiger partial charge in [0.2, 0.25) is 15.8 Å².